The fraction of sp³-hybridized carbons (Fsp3) is 0. The first-order valence-corrected chi connectivity index (χ1v) is 6.54. The molecule has 0 saturated carbocycles. The Hall–Kier alpha value is -2.14. The molecule has 5 heteroatoms. The highest BCUT2D eigenvalue weighted by Gasteiger charge is 2.06. The summed E-state index contributed by atoms with van der Waals surface area (Å²) in [6.07, 6.45) is 1.19. The van der Waals surface area contributed by atoms with E-state index in [2.05, 4.69) is 27.8 Å². The zero-order valence-corrected chi connectivity index (χ0v) is 12.0. The Labute approximate surface area is 124 Å². The molecule has 0 radical (unpaired) electrons. The van der Waals surface area contributed by atoms with Crippen molar-refractivity contribution in [3.63, 3.8) is 0 Å². The summed E-state index contributed by atoms with van der Waals surface area (Å²) in [6.45, 7) is 3.38. The van der Waals surface area contributed by atoms with Gasteiger partial charge < -0.3 is 10.1 Å². The van der Waals surface area contributed by atoms with Gasteiger partial charge in [0.25, 0.3) is 0 Å². The molecule has 2 aromatic rings. The molecule has 0 fully saturated rings. The van der Waals surface area contributed by atoms with Gasteiger partial charge in [-0.1, -0.05) is 12.6 Å². The van der Waals surface area contributed by atoms with Crippen LogP contribution in [-0.4, -0.2) is 5.91 Å². The van der Waals surface area contributed by atoms with Gasteiger partial charge in [-0.15, -0.1) is 0 Å². The van der Waals surface area contributed by atoms with Gasteiger partial charge in [-0.3, -0.25) is 4.79 Å². The predicted molar refractivity (Wildman–Crippen MR) is 79.4 cm³/mol. The molecule has 0 bridgehead atoms. The van der Waals surface area contributed by atoms with Gasteiger partial charge in [-0.2, -0.15) is 0 Å². The van der Waals surface area contributed by atoms with Crippen LogP contribution < -0.4 is 10.1 Å². The number of carbonyl (C=O) groups is 1. The largest absolute Gasteiger partial charge is 0.456 e. The fourth-order valence-corrected chi connectivity index (χ4v) is 1.97. The molecule has 0 spiro atoms. The third-order valence-electron chi connectivity index (χ3n) is 2.41. The number of halogens is 2. The van der Waals surface area contributed by atoms with Gasteiger partial charge >= 0.3 is 0 Å². The van der Waals surface area contributed by atoms with Crippen molar-refractivity contribution in [2.45, 2.75) is 0 Å². The minimum absolute atomic E-state index is 0.296. The van der Waals surface area contributed by atoms with Gasteiger partial charge in [-0.05, 0) is 52.3 Å². The van der Waals surface area contributed by atoms with Crippen molar-refractivity contribution in [1.29, 1.82) is 0 Å². The minimum atomic E-state index is -0.367. The Morgan fingerprint density at radius 1 is 1.30 bits per heavy atom. The number of nitrogens with one attached hydrogen (secondary N) is 1. The van der Waals surface area contributed by atoms with E-state index in [0.717, 1.165) is 0 Å². The Morgan fingerprint density at radius 2 is 2.10 bits per heavy atom. The van der Waals surface area contributed by atoms with E-state index in [4.69, 9.17) is 4.74 Å². The summed E-state index contributed by atoms with van der Waals surface area (Å²) >= 11 is 3.34. The lowest BCUT2D eigenvalue weighted by molar-refractivity contribution is -0.111. The standard InChI is InChI=1S/C15H11BrFNO2/c1-2-15(19)18-11-6-7-14(13(16)9-11)20-12-5-3-4-10(17)8-12/h2-9H,1H2,(H,18,19). The Morgan fingerprint density at radius 3 is 2.75 bits per heavy atom. The predicted octanol–water partition coefficient (Wildman–Crippen LogP) is 4.51. The number of anilines is 1. The van der Waals surface area contributed by atoms with Crippen molar-refractivity contribution in [3.8, 4) is 11.5 Å². The monoisotopic (exact) mass is 335 g/mol. The second kappa shape index (κ2) is 6.34. The van der Waals surface area contributed by atoms with Gasteiger partial charge in [0.1, 0.15) is 17.3 Å². The van der Waals surface area contributed by atoms with Crippen molar-refractivity contribution in [1.82, 2.24) is 0 Å². The van der Waals surface area contributed by atoms with E-state index in [9.17, 15) is 9.18 Å². The molecule has 1 amide bonds. The Balaban J connectivity index is 2.17. The molecule has 102 valence electrons. The maximum atomic E-state index is 13.1. The lowest BCUT2D eigenvalue weighted by atomic mass is 10.3. The fourth-order valence-electron chi connectivity index (χ4n) is 1.51. The molecule has 2 aromatic carbocycles. The highest BCUT2D eigenvalue weighted by molar-refractivity contribution is 9.10. The topological polar surface area (TPSA) is 38.3 Å². The van der Waals surface area contributed by atoms with E-state index >= 15 is 0 Å². The van der Waals surface area contributed by atoms with E-state index < -0.39 is 0 Å². The van der Waals surface area contributed by atoms with Crippen LogP contribution in [0.25, 0.3) is 0 Å². The molecule has 0 aliphatic heterocycles. The van der Waals surface area contributed by atoms with Crippen molar-refractivity contribution in [3.05, 3.63) is 65.4 Å². The van der Waals surface area contributed by atoms with Crippen molar-refractivity contribution >= 4 is 27.5 Å². The number of hydrogen-bond donors (Lipinski definition) is 1. The van der Waals surface area contributed by atoms with E-state index in [0.29, 0.717) is 21.7 Å². The number of benzene rings is 2. The SMILES string of the molecule is C=CC(=O)Nc1ccc(Oc2cccc(F)c2)c(Br)c1. The lowest BCUT2D eigenvalue weighted by Crippen LogP contribution is -2.07. The van der Waals surface area contributed by atoms with Crippen molar-refractivity contribution < 1.29 is 13.9 Å². The zero-order chi connectivity index (χ0) is 14.5. The molecule has 0 atom stereocenters. The second-order valence-electron chi connectivity index (χ2n) is 3.90. The van der Waals surface area contributed by atoms with Crippen LogP contribution in [0.2, 0.25) is 0 Å². The summed E-state index contributed by atoms with van der Waals surface area (Å²) < 4.78 is 19.3. The van der Waals surface area contributed by atoms with Crippen molar-refractivity contribution in [2.75, 3.05) is 5.32 Å². The number of carbonyl (C=O) groups excluding carboxylic acids is 1. The Bertz CT molecular complexity index is 658. The molecule has 0 unspecified atom stereocenters. The molecule has 0 saturated heterocycles. The summed E-state index contributed by atoms with van der Waals surface area (Å²) in [7, 11) is 0. The summed E-state index contributed by atoms with van der Waals surface area (Å²) in [5, 5.41) is 2.63. The van der Waals surface area contributed by atoms with Gasteiger partial charge in [0.05, 0.1) is 4.47 Å². The normalized spacial score (nSPS) is 9.90. The third-order valence-corrected chi connectivity index (χ3v) is 3.03. The molecular formula is C15H11BrFNO2. The summed E-state index contributed by atoms with van der Waals surface area (Å²) in [5.74, 6) is 0.255. The van der Waals surface area contributed by atoms with Gasteiger partial charge in [0.2, 0.25) is 5.91 Å². The maximum Gasteiger partial charge on any atom is 0.247 e. The highest BCUT2D eigenvalue weighted by Crippen LogP contribution is 2.32. The summed E-state index contributed by atoms with van der Waals surface area (Å²) in [6, 6.07) is 10.9. The highest BCUT2D eigenvalue weighted by atomic mass is 79.9. The Kier molecular flexibility index (Phi) is 4.53. The van der Waals surface area contributed by atoms with Crippen LogP contribution in [0.5, 0.6) is 11.5 Å². The molecule has 0 aliphatic carbocycles. The summed E-state index contributed by atoms with van der Waals surface area (Å²) in [4.78, 5) is 11.2. The molecule has 0 heterocycles. The smallest absolute Gasteiger partial charge is 0.247 e. The average Bonchev–Trinajstić information content (AvgIpc) is 2.42. The van der Waals surface area contributed by atoms with Crippen LogP contribution in [0.1, 0.15) is 0 Å². The van der Waals surface area contributed by atoms with E-state index in [-0.39, 0.29) is 11.7 Å². The van der Waals surface area contributed by atoms with Gasteiger partial charge in [-0.25, -0.2) is 4.39 Å². The third kappa shape index (κ3) is 3.68. The number of rotatable bonds is 4. The zero-order valence-electron chi connectivity index (χ0n) is 10.4. The number of ether oxygens (including phenoxy) is 1. The molecule has 2 rings (SSSR count). The van der Waals surface area contributed by atoms with Gasteiger partial charge in [0, 0.05) is 11.8 Å². The maximum absolute atomic E-state index is 13.1. The lowest BCUT2D eigenvalue weighted by Gasteiger charge is -2.09. The van der Waals surface area contributed by atoms with Crippen LogP contribution >= 0.6 is 15.9 Å². The van der Waals surface area contributed by atoms with E-state index in [1.165, 1.54) is 18.2 Å². The van der Waals surface area contributed by atoms with Crippen molar-refractivity contribution in [2.24, 2.45) is 0 Å². The average molecular weight is 336 g/mol. The van der Waals surface area contributed by atoms with Crippen LogP contribution in [0.3, 0.4) is 0 Å². The second-order valence-corrected chi connectivity index (χ2v) is 4.75. The van der Waals surface area contributed by atoms with E-state index in [1.54, 1.807) is 30.3 Å². The first kappa shape index (κ1) is 14.3. The summed E-state index contributed by atoms with van der Waals surface area (Å²) in [5.41, 5.74) is 0.605. The molecule has 20 heavy (non-hydrogen) atoms. The van der Waals surface area contributed by atoms with Gasteiger partial charge in [0.15, 0.2) is 0 Å². The van der Waals surface area contributed by atoms with Crippen LogP contribution in [0, 0.1) is 5.82 Å². The molecule has 3 nitrogen and oxygen atoms in total. The first-order valence-electron chi connectivity index (χ1n) is 5.75. The van der Waals surface area contributed by atoms with Crippen LogP contribution in [0.15, 0.2) is 59.6 Å². The number of hydrogen-bond acceptors (Lipinski definition) is 2. The minimum Gasteiger partial charge on any atom is -0.456 e. The number of amides is 1. The molecule has 1 N–H and O–H groups in total. The molecule has 0 aliphatic rings. The van der Waals surface area contributed by atoms with E-state index in [1.807, 2.05) is 0 Å². The van der Waals surface area contributed by atoms with Crippen LogP contribution in [-0.2, 0) is 4.79 Å². The van der Waals surface area contributed by atoms with Crippen LogP contribution in [0.4, 0.5) is 10.1 Å². The molecule has 0 aromatic heterocycles. The molecular weight excluding hydrogens is 325 g/mol. The quantitative estimate of drug-likeness (QED) is 0.835. The first-order chi connectivity index (χ1) is 9.58.